The van der Waals surface area contributed by atoms with Crippen LogP contribution in [0.25, 0.3) is 0 Å². The molecule has 0 aliphatic rings. The lowest BCUT2D eigenvalue weighted by Crippen LogP contribution is -1.98. The second-order valence-corrected chi connectivity index (χ2v) is 5.34. The molecule has 0 bridgehead atoms. The molecule has 2 aromatic rings. The van der Waals surface area contributed by atoms with Crippen molar-refractivity contribution in [2.75, 3.05) is 0 Å². The van der Waals surface area contributed by atoms with E-state index in [0.29, 0.717) is 6.42 Å². The Morgan fingerprint density at radius 1 is 0.889 bits per heavy atom. The summed E-state index contributed by atoms with van der Waals surface area (Å²) < 4.78 is 43.3. The molecule has 0 atom stereocenters. The van der Waals surface area contributed by atoms with Crippen molar-refractivity contribution in [3.8, 4) is 0 Å². The summed E-state index contributed by atoms with van der Waals surface area (Å²) in [5, 5.41) is 0. The first-order valence-corrected chi connectivity index (χ1v) is 6.70. The number of rotatable bonds is 3. The first-order chi connectivity index (χ1) is 8.45. The Hall–Kier alpha value is -1.72. The zero-order chi connectivity index (χ0) is 13.2. The van der Waals surface area contributed by atoms with Crippen LogP contribution in [0.3, 0.4) is 0 Å². The summed E-state index contributed by atoms with van der Waals surface area (Å²) in [5.74, 6) is -0.291. The fourth-order valence-corrected chi connectivity index (χ4v) is 2.10. The Kier molecular flexibility index (Phi) is 3.45. The average molecular weight is 266 g/mol. The summed E-state index contributed by atoms with van der Waals surface area (Å²) in [4.78, 5) is -0.134. The lowest BCUT2D eigenvalue weighted by atomic mass is 10.1. The fourth-order valence-electron chi connectivity index (χ4n) is 1.62. The molecule has 0 fully saturated rings. The van der Waals surface area contributed by atoms with Gasteiger partial charge in [0.25, 0.3) is 10.1 Å². The normalized spacial score (nSPS) is 11.4. The van der Waals surface area contributed by atoms with Gasteiger partial charge in [0.05, 0.1) is 4.90 Å². The molecule has 2 rings (SSSR count). The topological polar surface area (TPSA) is 54.4 Å². The Morgan fingerprint density at radius 3 is 1.78 bits per heavy atom. The van der Waals surface area contributed by atoms with Crippen LogP contribution in [0.4, 0.5) is 4.39 Å². The number of benzene rings is 2. The van der Waals surface area contributed by atoms with E-state index in [-0.39, 0.29) is 10.7 Å². The van der Waals surface area contributed by atoms with Gasteiger partial charge in [-0.1, -0.05) is 24.3 Å². The molecule has 3 nitrogen and oxygen atoms in total. The molecule has 0 unspecified atom stereocenters. The van der Waals surface area contributed by atoms with Gasteiger partial charge in [-0.05, 0) is 41.8 Å². The molecule has 0 aliphatic heterocycles. The summed E-state index contributed by atoms with van der Waals surface area (Å²) in [7, 11) is -4.15. The maximum atomic E-state index is 12.7. The molecular formula is C13H11FO3S. The van der Waals surface area contributed by atoms with Crippen molar-refractivity contribution >= 4 is 10.1 Å². The average Bonchev–Trinajstić information content (AvgIpc) is 2.32. The predicted molar refractivity (Wildman–Crippen MR) is 65.5 cm³/mol. The number of hydrogen-bond donors (Lipinski definition) is 1. The monoisotopic (exact) mass is 266 g/mol. The minimum Gasteiger partial charge on any atom is -0.282 e. The Bertz CT molecular complexity index is 631. The van der Waals surface area contributed by atoms with Crippen LogP contribution in [0.2, 0.25) is 0 Å². The first kappa shape index (κ1) is 12.7. The third-order valence-corrected chi connectivity index (χ3v) is 3.41. The van der Waals surface area contributed by atoms with Gasteiger partial charge in [0, 0.05) is 0 Å². The summed E-state index contributed by atoms with van der Waals surface area (Å²) in [6.07, 6.45) is 0.575. The van der Waals surface area contributed by atoms with Gasteiger partial charge in [0.1, 0.15) is 5.82 Å². The summed E-state index contributed by atoms with van der Waals surface area (Å²) in [5.41, 5.74) is 1.81. The molecule has 0 spiro atoms. The molecule has 94 valence electrons. The van der Waals surface area contributed by atoms with E-state index in [1.807, 2.05) is 0 Å². The van der Waals surface area contributed by atoms with E-state index in [9.17, 15) is 12.8 Å². The standard InChI is InChI=1S/C13H11FO3S/c14-12-5-1-10(2-6-12)9-11-3-7-13(8-4-11)18(15,16)17/h1-8H,9H2,(H,15,16,17). The van der Waals surface area contributed by atoms with Crippen LogP contribution in [-0.2, 0) is 16.5 Å². The Labute approximate surface area is 105 Å². The fraction of sp³-hybridized carbons (Fsp3) is 0.0769. The smallest absolute Gasteiger partial charge is 0.282 e. The van der Waals surface area contributed by atoms with Crippen molar-refractivity contribution in [2.24, 2.45) is 0 Å². The van der Waals surface area contributed by atoms with Crippen molar-refractivity contribution in [1.82, 2.24) is 0 Å². The van der Waals surface area contributed by atoms with Crippen molar-refractivity contribution < 1.29 is 17.4 Å². The van der Waals surface area contributed by atoms with Crippen molar-refractivity contribution in [3.05, 3.63) is 65.5 Å². The van der Waals surface area contributed by atoms with Crippen molar-refractivity contribution in [2.45, 2.75) is 11.3 Å². The van der Waals surface area contributed by atoms with Crippen LogP contribution < -0.4 is 0 Å². The lowest BCUT2D eigenvalue weighted by Gasteiger charge is -2.03. The molecule has 18 heavy (non-hydrogen) atoms. The van der Waals surface area contributed by atoms with Crippen LogP contribution in [-0.4, -0.2) is 13.0 Å². The van der Waals surface area contributed by atoms with E-state index in [1.165, 1.54) is 24.3 Å². The van der Waals surface area contributed by atoms with Crippen LogP contribution >= 0.6 is 0 Å². The maximum absolute atomic E-state index is 12.7. The largest absolute Gasteiger partial charge is 0.294 e. The van der Waals surface area contributed by atoms with Crippen molar-refractivity contribution in [1.29, 1.82) is 0 Å². The van der Waals surface area contributed by atoms with E-state index in [1.54, 1.807) is 24.3 Å². The van der Waals surface area contributed by atoms with E-state index >= 15 is 0 Å². The van der Waals surface area contributed by atoms with Crippen LogP contribution in [0.5, 0.6) is 0 Å². The predicted octanol–water partition coefficient (Wildman–Crippen LogP) is 2.66. The highest BCUT2D eigenvalue weighted by atomic mass is 32.2. The second kappa shape index (κ2) is 4.88. The quantitative estimate of drug-likeness (QED) is 0.869. The highest BCUT2D eigenvalue weighted by Gasteiger charge is 2.08. The molecule has 0 radical (unpaired) electrons. The molecule has 0 saturated carbocycles. The van der Waals surface area contributed by atoms with E-state index < -0.39 is 10.1 Å². The second-order valence-electron chi connectivity index (χ2n) is 3.92. The summed E-state index contributed by atoms with van der Waals surface area (Å²) in [6, 6.07) is 12.0. The number of halogens is 1. The SMILES string of the molecule is O=S(=O)(O)c1ccc(Cc2ccc(F)cc2)cc1. The van der Waals surface area contributed by atoms with Gasteiger partial charge < -0.3 is 0 Å². The zero-order valence-electron chi connectivity index (χ0n) is 9.38. The van der Waals surface area contributed by atoms with Gasteiger partial charge in [-0.15, -0.1) is 0 Å². The van der Waals surface area contributed by atoms with Gasteiger partial charge in [-0.25, -0.2) is 4.39 Å². The molecular weight excluding hydrogens is 255 g/mol. The van der Waals surface area contributed by atoms with Crippen LogP contribution in [0.15, 0.2) is 53.4 Å². The number of hydrogen-bond acceptors (Lipinski definition) is 2. The third kappa shape index (κ3) is 3.15. The Morgan fingerprint density at radius 2 is 1.33 bits per heavy atom. The van der Waals surface area contributed by atoms with Crippen LogP contribution in [0, 0.1) is 5.82 Å². The molecule has 0 saturated heterocycles. The molecule has 0 amide bonds. The highest BCUT2D eigenvalue weighted by Crippen LogP contribution is 2.14. The molecule has 2 aromatic carbocycles. The lowest BCUT2D eigenvalue weighted by molar-refractivity contribution is 0.483. The molecule has 0 heterocycles. The van der Waals surface area contributed by atoms with E-state index in [0.717, 1.165) is 11.1 Å². The maximum Gasteiger partial charge on any atom is 0.294 e. The minimum atomic E-state index is -4.15. The Balaban J connectivity index is 2.18. The summed E-state index contributed by atoms with van der Waals surface area (Å²) >= 11 is 0. The summed E-state index contributed by atoms with van der Waals surface area (Å²) in [6.45, 7) is 0. The highest BCUT2D eigenvalue weighted by molar-refractivity contribution is 7.85. The van der Waals surface area contributed by atoms with Gasteiger partial charge in [-0.2, -0.15) is 8.42 Å². The first-order valence-electron chi connectivity index (χ1n) is 5.26. The minimum absolute atomic E-state index is 0.134. The van der Waals surface area contributed by atoms with Gasteiger partial charge >= 0.3 is 0 Å². The molecule has 0 aromatic heterocycles. The molecule has 0 aliphatic carbocycles. The van der Waals surface area contributed by atoms with E-state index in [2.05, 4.69) is 0 Å². The van der Waals surface area contributed by atoms with Crippen molar-refractivity contribution in [3.63, 3.8) is 0 Å². The zero-order valence-corrected chi connectivity index (χ0v) is 10.2. The van der Waals surface area contributed by atoms with Gasteiger partial charge in [-0.3, -0.25) is 4.55 Å². The van der Waals surface area contributed by atoms with Crippen LogP contribution in [0.1, 0.15) is 11.1 Å². The van der Waals surface area contributed by atoms with E-state index in [4.69, 9.17) is 4.55 Å². The van der Waals surface area contributed by atoms with Gasteiger partial charge in [0.2, 0.25) is 0 Å². The molecule has 1 N–H and O–H groups in total. The molecule has 5 heteroatoms. The third-order valence-electron chi connectivity index (χ3n) is 2.54. The van der Waals surface area contributed by atoms with Gasteiger partial charge in [0.15, 0.2) is 0 Å².